The van der Waals surface area contributed by atoms with Crippen LogP contribution in [0.15, 0.2) is 24.3 Å². The van der Waals surface area contributed by atoms with Crippen molar-refractivity contribution in [3.05, 3.63) is 35.4 Å². The van der Waals surface area contributed by atoms with Crippen molar-refractivity contribution in [2.45, 2.75) is 19.4 Å². The SMILES string of the molecule is CCc1ccc(C(O)CS)cc1. The topological polar surface area (TPSA) is 20.2 Å². The molecule has 1 rings (SSSR count). The summed E-state index contributed by atoms with van der Waals surface area (Å²) < 4.78 is 0. The lowest BCUT2D eigenvalue weighted by Gasteiger charge is -2.07. The van der Waals surface area contributed by atoms with Crippen molar-refractivity contribution in [1.29, 1.82) is 0 Å². The van der Waals surface area contributed by atoms with Crippen molar-refractivity contribution in [2.24, 2.45) is 0 Å². The van der Waals surface area contributed by atoms with Crippen LogP contribution >= 0.6 is 12.6 Å². The van der Waals surface area contributed by atoms with Gasteiger partial charge in [0, 0.05) is 5.75 Å². The van der Waals surface area contributed by atoms with Gasteiger partial charge in [-0.05, 0) is 17.5 Å². The number of benzene rings is 1. The highest BCUT2D eigenvalue weighted by Crippen LogP contribution is 2.14. The van der Waals surface area contributed by atoms with E-state index in [1.807, 2.05) is 24.3 Å². The minimum Gasteiger partial charge on any atom is -0.388 e. The van der Waals surface area contributed by atoms with Crippen molar-refractivity contribution < 1.29 is 5.11 Å². The number of aliphatic hydroxyl groups is 1. The second-order valence-electron chi connectivity index (χ2n) is 2.79. The first-order valence-corrected chi connectivity index (χ1v) is 4.79. The molecule has 0 aliphatic rings. The average Bonchev–Trinajstić information content (AvgIpc) is 2.17. The molecule has 1 atom stereocenters. The molecular formula is C10H14OS. The molecule has 66 valence electrons. The lowest BCUT2D eigenvalue weighted by Crippen LogP contribution is -1.98. The summed E-state index contributed by atoms with van der Waals surface area (Å²) in [4.78, 5) is 0. The summed E-state index contributed by atoms with van der Waals surface area (Å²) in [5.41, 5.74) is 2.24. The smallest absolute Gasteiger partial charge is 0.0877 e. The van der Waals surface area contributed by atoms with Gasteiger partial charge < -0.3 is 5.11 Å². The van der Waals surface area contributed by atoms with E-state index in [4.69, 9.17) is 0 Å². The van der Waals surface area contributed by atoms with Gasteiger partial charge in [-0.15, -0.1) is 0 Å². The molecule has 0 radical (unpaired) electrons. The van der Waals surface area contributed by atoms with Gasteiger partial charge in [0.05, 0.1) is 6.10 Å². The zero-order valence-corrected chi connectivity index (χ0v) is 8.09. The molecule has 0 saturated heterocycles. The second-order valence-corrected chi connectivity index (χ2v) is 3.16. The van der Waals surface area contributed by atoms with E-state index in [0.717, 1.165) is 12.0 Å². The van der Waals surface area contributed by atoms with Crippen LogP contribution < -0.4 is 0 Å². The lowest BCUT2D eigenvalue weighted by atomic mass is 10.1. The Balaban J connectivity index is 2.77. The van der Waals surface area contributed by atoms with E-state index in [0.29, 0.717) is 5.75 Å². The lowest BCUT2D eigenvalue weighted by molar-refractivity contribution is 0.204. The van der Waals surface area contributed by atoms with Gasteiger partial charge in [0.2, 0.25) is 0 Å². The van der Waals surface area contributed by atoms with Crippen LogP contribution in [0.5, 0.6) is 0 Å². The molecule has 1 aromatic rings. The van der Waals surface area contributed by atoms with Crippen LogP contribution in [0.3, 0.4) is 0 Å². The Morgan fingerprint density at radius 1 is 1.33 bits per heavy atom. The third-order valence-corrected chi connectivity index (χ3v) is 2.29. The Morgan fingerprint density at radius 3 is 2.33 bits per heavy atom. The van der Waals surface area contributed by atoms with Crippen LogP contribution in [-0.2, 0) is 6.42 Å². The monoisotopic (exact) mass is 182 g/mol. The first-order valence-electron chi connectivity index (χ1n) is 4.15. The van der Waals surface area contributed by atoms with Gasteiger partial charge in [-0.1, -0.05) is 31.2 Å². The molecule has 0 fully saturated rings. The largest absolute Gasteiger partial charge is 0.388 e. The van der Waals surface area contributed by atoms with Gasteiger partial charge in [0.25, 0.3) is 0 Å². The van der Waals surface area contributed by atoms with Crippen LogP contribution in [-0.4, -0.2) is 10.9 Å². The number of aliphatic hydroxyl groups excluding tert-OH is 1. The number of rotatable bonds is 3. The molecule has 0 heterocycles. The molecule has 0 aromatic heterocycles. The molecule has 0 aliphatic carbocycles. The molecule has 0 aliphatic heterocycles. The predicted octanol–water partition coefficient (Wildman–Crippen LogP) is 2.21. The molecule has 1 unspecified atom stereocenters. The quantitative estimate of drug-likeness (QED) is 0.687. The van der Waals surface area contributed by atoms with Gasteiger partial charge in [0.1, 0.15) is 0 Å². The van der Waals surface area contributed by atoms with Crippen molar-refractivity contribution in [3.8, 4) is 0 Å². The maximum atomic E-state index is 9.42. The van der Waals surface area contributed by atoms with Crippen molar-refractivity contribution in [2.75, 3.05) is 5.75 Å². The van der Waals surface area contributed by atoms with Crippen LogP contribution in [0.2, 0.25) is 0 Å². The average molecular weight is 182 g/mol. The van der Waals surface area contributed by atoms with Gasteiger partial charge in [0.15, 0.2) is 0 Å². The molecule has 1 aromatic carbocycles. The molecule has 1 nitrogen and oxygen atoms in total. The van der Waals surface area contributed by atoms with Gasteiger partial charge >= 0.3 is 0 Å². The Hall–Kier alpha value is -0.470. The van der Waals surface area contributed by atoms with Crippen molar-refractivity contribution >= 4 is 12.6 Å². The fourth-order valence-corrected chi connectivity index (χ4v) is 1.29. The van der Waals surface area contributed by atoms with Gasteiger partial charge in [-0.25, -0.2) is 0 Å². The van der Waals surface area contributed by atoms with E-state index in [1.54, 1.807) is 0 Å². The minimum atomic E-state index is -0.431. The summed E-state index contributed by atoms with van der Waals surface area (Å²) in [6.07, 6.45) is 0.608. The third kappa shape index (κ3) is 2.26. The fraction of sp³-hybridized carbons (Fsp3) is 0.400. The van der Waals surface area contributed by atoms with Crippen LogP contribution in [0.25, 0.3) is 0 Å². The normalized spacial score (nSPS) is 12.9. The molecule has 0 spiro atoms. The first kappa shape index (κ1) is 9.62. The number of hydrogen-bond acceptors (Lipinski definition) is 2. The summed E-state index contributed by atoms with van der Waals surface area (Å²) in [6.45, 7) is 2.12. The van der Waals surface area contributed by atoms with Crippen LogP contribution in [0, 0.1) is 0 Å². The fourth-order valence-electron chi connectivity index (χ4n) is 1.08. The standard InChI is InChI=1S/C10H14OS/c1-2-8-3-5-9(6-4-8)10(11)7-12/h3-6,10-12H,2,7H2,1H3. The van der Waals surface area contributed by atoms with Gasteiger partial charge in [-0.2, -0.15) is 12.6 Å². The Labute approximate surface area is 78.8 Å². The zero-order chi connectivity index (χ0) is 8.97. The minimum absolute atomic E-state index is 0.431. The number of thiol groups is 1. The predicted molar refractivity (Wildman–Crippen MR) is 54.6 cm³/mol. The molecular weight excluding hydrogens is 168 g/mol. The highest BCUT2D eigenvalue weighted by Gasteiger charge is 2.03. The van der Waals surface area contributed by atoms with Crippen LogP contribution in [0.1, 0.15) is 24.2 Å². The highest BCUT2D eigenvalue weighted by atomic mass is 32.1. The van der Waals surface area contributed by atoms with Crippen molar-refractivity contribution in [1.82, 2.24) is 0 Å². The summed E-state index contributed by atoms with van der Waals surface area (Å²) >= 11 is 4.03. The summed E-state index contributed by atoms with van der Waals surface area (Å²) in [7, 11) is 0. The van der Waals surface area contributed by atoms with Crippen LogP contribution in [0.4, 0.5) is 0 Å². The molecule has 0 saturated carbocycles. The van der Waals surface area contributed by atoms with E-state index < -0.39 is 6.10 Å². The summed E-state index contributed by atoms with van der Waals surface area (Å²) in [6, 6.07) is 8.00. The Kier molecular flexibility index (Phi) is 3.63. The molecule has 0 bridgehead atoms. The summed E-state index contributed by atoms with van der Waals surface area (Å²) in [5.74, 6) is 0.478. The molecule has 1 N–H and O–H groups in total. The van der Waals surface area contributed by atoms with E-state index >= 15 is 0 Å². The summed E-state index contributed by atoms with van der Waals surface area (Å²) in [5, 5.41) is 9.42. The third-order valence-electron chi connectivity index (χ3n) is 1.95. The molecule has 0 amide bonds. The highest BCUT2D eigenvalue weighted by molar-refractivity contribution is 7.80. The molecule has 2 heteroatoms. The van der Waals surface area contributed by atoms with Crippen molar-refractivity contribution in [3.63, 3.8) is 0 Å². The Bertz CT molecular complexity index is 230. The zero-order valence-electron chi connectivity index (χ0n) is 7.20. The van der Waals surface area contributed by atoms with E-state index in [1.165, 1.54) is 5.56 Å². The maximum absolute atomic E-state index is 9.42. The Morgan fingerprint density at radius 2 is 1.92 bits per heavy atom. The maximum Gasteiger partial charge on any atom is 0.0877 e. The van der Waals surface area contributed by atoms with E-state index in [2.05, 4.69) is 19.6 Å². The van der Waals surface area contributed by atoms with E-state index in [9.17, 15) is 5.11 Å². The number of aryl methyl sites for hydroxylation is 1. The second kappa shape index (κ2) is 4.53. The molecule has 12 heavy (non-hydrogen) atoms. The van der Waals surface area contributed by atoms with Gasteiger partial charge in [-0.3, -0.25) is 0 Å². The number of hydrogen-bond donors (Lipinski definition) is 2. The first-order chi connectivity index (χ1) is 5.77. The van der Waals surface area contributed by atoms with E-state index in [-0.39, 0.29) is 0 Å².